The Labute approximate surface area is 111 Å². The number of halogens is 3. The highest BCUT2D eigenvalue weighted by molar-refractivity contribution is 14.1. The molecule has 1 fully saturated rings. The van der Waals surface area contributed by atoms with E-state index in [0.29, 0.717) is 6.54 Å². The molecule has 4 nitrogen and oxygen atoms in total. The molecule has 0 N–H and O–H groups in total. The molecule has 17 heavy (non-hydrogen) atoms. The highest BCUT2D eigenvalue weighted by atomic mass is 127. The van der Waals surface area contributed by atoms with E-state index >= 15 is 0 Å². The molecule has 0 saturated carbocycles. The van der Waals surface area contributed by atoms with Gasteiger partial charge in [0.15, 0.2) is 0 Å². The van der Waals surface area contributed by atoms with Crippen LogP contribution in [-0.4, -0.2) is 39.6 Å². The number of aromatic nitrogens is 2. The van der Waals surface area contributed by atoms with Gasteiger partial charge in [0.05, 0.1) is 16.3 Å². The van der Waals surface area contributed by atoms with Crippen molar-refractivity contribution in [3.8, 4) is 0 Å². The van der Waals surface area contributed by atoms with Gasteiger partial charge in [-0.3, -0.25) is 9.48 Å². The maximum atomic E-state index is 12.9. The molecule has 2 rings (SSSR count). The number of nitrogens with zero attached hydrogens (tertiary/aromatic N) is 3. The van der Waals surface area contributed by atoms with Gasteiger partial charge in [-0.1, -0.05) is 0 Å². The molecule has 1 aromatic rings. The molecule has 0 unspecified atom stereocenters. The summed E-state index contributed by atoms with van der Waals surface area (Å²) in [5.74, 6) is -2.94. The molecule has 0 radical (unpaired) electrons. The highest BCUT2D eigenvalue weighted by Gasteiger charge is 2.39. The quantitative estimate of drug-likeness (QED) is 0.775. The molecule has 1 aliphatic rings. The molecule has 0 bridgehead atoms. The van der Waals surface area contributed by atoms with Gasteiger partial charge >= 0.3 is 0 Å². The lowest BCUT2D eigenvalue weighted by atomic mass is 10.3. The lowest BCUT2D eigenvalue weighted by Crippen LogP contribution is -2.31. The number of alkyl halides is 2. The van der Waals surface area contributed by atoms with E-state index in [1.807, 2.05) is 6.20 Å². The Bertz CT molecular complexity index is 421. The van der Waals surface area contributed by atoms with Crippen molar-refractivity contribution in [2.24, 2.45) is 0 Å². The molecule has 1 aliphatic heterocycles. The first-order valence-electron chi connectivity index (χ1n) is 5.30. The lowest BCUT2D eigenvalue weighted by molar-refractivity contribution is -0.131. The molecule has 7 heteroatoms. The van der Waals surface area contributed by atoms with E-state index in [2.05, 4.69) is 27.7 Å². The van der Waals surface area contributed by atoms with Crippen LogP contribution < -0.4 is 0 Å². The van der Waals surface area contributed by atoms with Crippen LogP contribution in [0.15, 0.2) is 12.4 Å². The average Bonchev–Trinajstić information content (AvgIpc) is 2.81. The topological polar surface area (TPSA) is 38.1 Å². The van der Waals surface area contributed by atoms with Crippen LogP contribution in [0.5, 0.6) is 0 Å². The minimum atomic E-state index is -2.71. The normalized spacial score (nSPS) is 18.6. The van der Waals surface area contributed by atoms with Gasteiger partial charge in [-0.05, 0) is 22.6 Å². The number of likely N-dealkylation sites (tertiary alicyclic amines) is 1. The summed E-state index contributed by atoms with van der Waals surface area (Å²) in [5.41, 5.74) is 0. The summed E-state index contributed by atoms with van der Waals surface area (Å²) in [5, 5.41) is 4.03. The summed E-state index contributed by atoms with van der Waals surface area (Å²) >= 11 is 2.12. The molecule has 1 aromatic heterocycles. The van der Waals surface area contributed by atoms with Crippen LogP contribution >= 0.6 is 22.6 Å². The fourth-order valence-corrected chi connectivity index (χ4v) is 2.22. The average molecular weight is 355 g/mol. The van der Waals surface area contributed by atoms with Crippen LogP contribution in [0.2, 0.25) is 0 Å². The maximum Gasteiger partial charge on any atom is 0.267 e. The van der Waals surface area contributed by atoms with Gasteiger partial charge in [-0.25, -0.2) is 8.78 Å². The number of carbonyl (C=O) groups is 1. The summed E-state index contributed by atoms with van der Waals surface area (Å²) in [4.78, 5) is 12.9. The number of hydrogen-bond acceptors (Lipinski definition) is 2. The van der Waals surface area contributed by atoms with E-state index in [0.717, 1.165) is 3.57 Å². The second-order valence-electron chi connectivity index (χ2n) is 4.09. The zero-order valence-electron chi connectivity index (χ0n) is 9.07. The van der Waals surface area contributed by atoms with E-state index in [1.54, 1.807) is 10.9 Å². The predicted molar refractivity (Wildman–Crippen MR) is 65.7 cm³/mol. The van der Waals surface area contributed by atoms with Crippen LogP contribution in [0, 0.1) is 3.57 Å². The minimum Gasteiger partial charge on any atom is -0.336 e. The number of carbonyl (C=O) groups excluding carboxylic acids is 1. The van der Waals surface area contributed by atoms with Crippen molar-refractivity contribution in [2.75, 3.05) is 13.1 Å². The largest absolute Gasteiger partial charge is 0.336 e. The third-order valence-corrected chi connectivity index (χ3v) is 3.24. The van der Waals surface area contributed by atoms with E-state index in [9.17, 15) is 13.6 Å². The summed E-state index contributed by atoms with van der Waals surface area (Å²) < 4.78 is 28.5. The summed E-state index contributed by atoms with van der Waals surface area (Å²) in [6, 6.07) is 0. The zero-order chi connectivity index (χ0) is 12.5. The molecular formula is C10H12F2IN3O. The van der Waals surface area contributed by atoms with Gasteiger partial charge in [-0.15, -0.1) is 0 Å². The molecule has 94 valence electrons. The van der Waals surface area contributed by atoms with Crippen LogP contribution in [0.25, 0.3) is 0 Å². The van der Waals surface area contributed by atoms with Crippen LogP contribution in [0.4, 0.5) is 8.78 Å². The van der Waals surface area contributed by atoms with Crippen molar-refractivity contribution in [1.29, 1.82) is 0 Å². The monoisotopic (exact) mass is 355 g/mol. The molecule has 2 heterocycles. The van der Waals surface area contributed by atoms with Gasteiger partial charge in [0, 0.05) is 32.1 Å². The van der Waals surface area contributed by atoms with E-state index in [-0.39, 0.29) is 25.3 Å². The van der Waals surface area contributed by atoms with E-state index in [4.69, 9.17) is 0 Å². The van der Waals surface area contributed by atoms with Crippen LogP contribution in [0.1, 0.15) is 12.8 Å². The van der Waals surface area contributed by atoms with Crippen molar-refractivity contribution in [3.63, 3.8) is 0 Å². The first-order valence-corrected chi connectivity index (χ1v) is 6.38. The SMILES string of the molecule is O=C(CCn1cc(I)cn1)N1CCC(F)(F)C1. The molecule has 0 aromatic carbocycles. The molecule has 1 saturated heterocycles. The van der Waals surface area contributed by atoms with Crippen molar-refractivity contribution < 1.29 is 13.6 Å². The smallest absolute Gasteiger partial charge is 0.267 e. The fraction of sp³-hybridized carbons (Fsp3) is 0.600. The van der Waals surface area contributed by atoms with Crippen LogP contribution in [0.3, 0.4) is 0 Å². The number of rotatable bonds is 3. The van der Waals surface area contributed by atoms with Crippen molar-refractivity contribution in [1.82, 2.24) is 14.7 Å². The number of hydrogen-bond donors (Lipinski definition) is 0. The molecule has 0 atom stereocenters. The maximum absolute atomic E-state index is 12.9. The minimum absolute atomic E-state index is 0.155. The molecule has 0 aliphatic carbocycles. The molecule has 1 amide bonds. The Morgan fingerprint density at radius 3 is 2.88 bits per heavy atom. The van der Waals surface area contributed by atoms with Gasteiger partial charge in [-0.2, -0.15) is 5.10 Å². The Morgan fingerprint density at radius 1 is 1.59 bits per heavy atom. The van der Waals surface area contributed by atoms with Crippen molar-refractivity contribution in [3.05, 3.63) is 16.0 Å². The van der Waals surface area contributed by atoms with Gasteiger partial charge < -0.3 is 4.90 Å². The second kappa shape index (κ2) is 4.87. The van der Waals surface area contributed by atoms with E-state index < -0.39 is 12.5 Å². The molecule has 0 spiro atoms. The summed E-state index contributed by atoms with van der Waals surface area (Å²) in [6.07, 6.45) is 3.49. The Kier molecular flexibility index (Phi) is 3.64. The second-order valence-corrected chi connectivity index (χ2v) is 5.34. The Hall–Kier alpha value is -0.730. The number of aryl methyl sites for hydroxylation is 1. The van der Waals surface area contributed by atoms with E-state index in [1.165, 1.54) is 4.90 Å². The number of amides is 1. The van der Waals surface area contributed by atoms with Gasteiger partial charge in [0.25, 0.3) is 5.92 Å². The lowest BCUT2D eigenvalue weighted by Gasteiger charge is -2.15. The van der Waals surface area contributed by atoms with Gasteiger partial charge in [0.2, 0.25) is 5.91 Å². The van der Waals surface area contributed by atoms with Crippen LogP contribution in [-0.2, 0) is 11.3 Å². The third-order valence-electron chi connectivity index (χ3n) is 2.68. The van der Waals surface area contributed by atoms with Crippen molar-refractivity contribution >= 4 is 28.5 Å². The first kappa shape index (κ1) is 12.7. The Balaban J connectivity index is 1.82. The predicted octanol–water partition coefficient (Wildman–Crippen LogP) is 1.75. The highest BCUT2D eigenvalue weighted by Crippen LogP contribution is 2.27. The Morgan fingerprint density at radius 2 is 2.35 bits per heavy atom. The fourth-order valence-electron chi connectivity index (χ4n) is 1.78. The first-order chi connectivity index (χ1) is 7.96. The van der Waals surface area contributed by atoms with Crippen molar-refractivity contribution in [2.45, 2.75) is 25.3 Å². The third kappa shape index (κ3) is 3.36. The summed E-state index contributed by atoms with van der Waals surface area (Å²) in [6.45, 7) is 0.148. The standard InChI is InChI=1S/C10H12F2IN3O/c11-10(12)2-4-15(7-10)9(17)1-3-16-6-8(13)5-14-16/h5-6H,1-4,7H2. The molecular weight excluding hydrogens is 343 g/mol. The zero-order valence-corrected chi connectivity index (χ0v) is 11.2. The summed E-state index contributed by atoms with van der Waals surface area (Å²) in [7, 11) is 0. The van der Waals surface area contributed by atoms with Gasteiger partial charge in [0.1, 0.15) is 0 Å².